The van der Waals surface area contributed by atoms with Gasteiger partial charge in [0.25, 0.3) is 0 Å². The van der Waals surface area contributed by atoms with E-state index in [2.05, 4.69) is 4.98 Å². The molecule has 0 saturated carbocycles. The van der Waals surface area contributed by atoms with Crippen LogP contribution in [0.25, 0.3) is 0 Å². The molecule has 1 rings (SSSR count). The average Bonchev–Trinajstić information content (AvgIpc) is 2.04. The largest absolute Gasteiger partial charge is 0.481 e. The zero-order valence-electron chi connectivity index (χ0n) is 6.19. The van der Waals surface area contributed by atoms with Crippen molar-refractivity contribution in [3.8, 4) is 6.07 Å². The summed E-state index contributed by atoms with van der Waals surface area (Å²) in [5.74, 6) is -0.947. The van der Waals surface area contributed by atoms with Gasteiger partial charge in [-0.25, -0.2) is 0 Å². The van der Waals surface area contributed by atoms with Crippen molar-refractivity contribution in [2.45, 2.75) is 6.42 Å². The predicted molar refractivity (Wildman–Crippen MR) is 40.3 cm³/mol. The van der Waals surface area contributed by atoms with Gasteiger partial charge in [-0.2, -0.15) is 5.26 Å². The first-order chi connectivity index (χ1) is 5.74. The molecule has 60 valence electrons. The summed E-state index contributed by atoms with van der Waals surface area (Å²) in [6.45, 7) is 0. The number of carboxylic acid groups (broad SMARTS) is 1. The smallest absolute Gasteiger partial charge is 0.307 e. The van der Waals surface area contributed by atoms with Gasteiger partial charge < -0.3 is 5.11 Å². The monoisotopic (exact) mass is 162 g/mol. The number of carboxylic acids is 1. The second kappa shape index (κ2) is 3.49. The van der Waals surface area contributed by atoms with Gasteiger partial charge in [0.1, 0.15) is 6.07 Å². The Morgan fingerprint density at radius 2 is 2.50 bits per heavy atom. The molecule has 0 unspecified atom stereocenters. The Morgan fingerprint density at radius 1 is 1.75 bits per heavy atom. The third-order valence-corrected chi connectivity index (χ3v) is 1.37. The van der Waals surface area contributed by atoms with Gasteiger partial charge in [-0.3, -0.25) is 9.78 Å². The van der Waals surface area contributed by atoms with E-state index in [9.17, 15) is 4.79 Å². The Balaban J connectivity index is 2.99. The predicted octanol–water partition coefficient (Wildman–Crippen LogP) is 0.580. The van der Waals surface area contributed by atoms with Crippen molar-refractivity contribution < 1.29 is 9.90 Å². The summed E-state index contributed by atoms with van der Waals surface area (Å²) in [5, 5.41) is 17.0. The molecule has 4 heteroatoms. The summed E-state index contributed by atoms with van der Waals surface area (Å²) < 4.78 is 0. The molecule has 0 atom stereocenters. The SMILES string of the molecule is N#Cc1cnccc1CC(=O)O. The molecule has 0 aliphatic carbocycles. The Kier molecular flexibility index (Phi) is 2.38. The van der Waals surface area contributed by atoms with Crippen LogP contribution in [-0.4, -0.2) is 16.1 Å². The van der Waals surface area contributed by atoms with E-state index < -0.39 is 5.97 Å². The number of hydrogen-bond donors (Lipinski definition) is 1. The number of hydrogen-bond acceptors (Lipinski definition) is 3. The molecule has 0 aromatic carbocycles. The fourth-order valence-electron chi connectivity index (χ4n) is 0.841. The van der Waals surface area contributed by atoms with Crippen molar-refractivity contribution in [2.24, 2.45) is 0 Å². The van der Waals surface area contributed by atoms with Crippen LogP contribution in [0.4, 0.5) is 0 Å². The highest BCUT2D eigenvalue weighted by atomic mass is 16.4. The second-order valence-corrected chi connectivity index (χ2v) is 2.22. The summed E-state index contributed by atoms with van der Waals surface area (Å²) in [6, 6.07) is 3.41. The summed E-state index contributed by atoms with van der Waals surface area (Å²) in [7, 11) is 0. The maximum atomic E-state index is 10.3. The molecule has 0 fully saturated rings. The zero-order valence-corrected chi connectivity index (χ0v) is 6.19. The minimum absolute atomic E-state index is 0.134. The van der Waals surface area contributed by atoms with Crippen LogP contribution in [0.2, 0.25) is 0 Å². The molecular formula is C8H6N2O2. The molecular weight excluding hydrogens is 156 g/mol. The van der Waals surface area contributed by atoms with Crippen LogP contribution in [0.5, 0.6) is 0 Å². The summed E-state index contributed by atoms with van der Waals surface area (Å²) in [4.78, 5) is 14.0. The van der Waals surface area contributed by atoms with Gasteiger partial charge >= 0.3 is 5.97 Å². The first-order valence-corrected chi connectivity index (χ1v) is 3.29. The van der Waals surface area contributed by atoms with Crippen LogP contribution in [0.1, 0.15) is 11.1 Å². The minimum atomic E-state index is -0.947. The van der Waals surface area contributed by atoms with E-state index in [4.69, 9.17) is 10.4 Å². The first kappa shape index (κ1) is 8.21. The van der Waals surface area contributed by atoms with Crippen molar-refractivity contribution in [3.05, 3.63) is 29.6 Å². The van der Waals surface area contributed by atoms with Crippen molar-refractivity contribution in [1.29, 1.82) is 5.26 Å². The molecule has 0 amide bonds. The van der Waals surface area contributed by atoms with Gasteiger partial charge in [0, 0.05) is 12.4 Å². The molecule has 1 heterocycles. The van der Waals surface area contributed by atoms with Crippen LogP contribution in [0.15, 0.2) is 18.5 Å². The van der Waals surface area contributed by atoms with Crippen LogP contribution in [0, 0.1) is 11.3 Å². The Hall–Kier alpha value is -1.89. The molecule has 0 aliphatic rings. The third-order valence-electron chi connectivity index (χ3n) is 1.37. The van der Waals surface area contributed by atoms with E-state index in [-0.39, 0.29) is 6.42 Å². The maximum Gasteiger partial charge on any atom is 0.307 e. The molecule has 4 nitrogen and oxygen atoms in total. The highest BCUT2D eigenvalue weighted by molar-refractivity contribution is 5.71. The van der Waals surface area contributed by atoms with E-state index in [0.29, 0.717) is 11.1 Å². The number of aliphatic carboxylic acids is 1. The molecule has 1 N–H and O–H groups in total. The van der Waals surface area contributed by atoms with Crippen LogP contribution >= 0.6 is 0 Å². The van der Waals surface area contributed by atoms with E-state index in [1.165, 1.54) is 18.5 Å². The van der Waals surface area contributed by atoms with Crippen LogP contribution < -0.4 is 0 Å². The lowest BCUT2D eigenvalue weighted by Crippen LogP contribution is -2.02. The Bertz CT molecular complexity index is 341. The van der Waals surface area contributed by atoms with Crippen molar-refractivity contribution >= 4 is 5.97 Å². The normalized spacial score (nSPS) is 8.92. The van der Waals surface area contributed by atoms with Gasteiger partial charge in [-0.1, -0.05) is 0 Å². The number of nitrogens with zero attached hydrogens (tertiary/aromatic N) is 2. The van der Waals surface area contributed by atoms with Crippen molar-refractivity contribution in [3.63, 3.8) is 0 Å². The van der Waals surface area contributed by atoms with E-state index in [1.54, 1.807) is 0 Å². The Labute approximate surface area is 69.1 Å². The van der Waals surface area contributed by atoms with Gasteiger partial charge in [-0.15, -0.1) is 0 Å². The van der Waals surface area contributed by atoms with E-state index in [1.807, 2.05) is 6.07 Å². The van der Waals surface area contributed by atoms with Gasteiger partial charge in [0.2, 0.25) is 0 Å². The summed E-state index contributed by atoms with van der Waals surface area (Å²) >= 11 is 0. The molecule has 0 radical (unpaired) electrons. The number of rotatable bonds is 2. The highest BCUT2D eigenvalue weighted by Gasteiger charge is 2.04. The highest BCUT2D eigenvalue weighted by Crippen LogP contribution is 2.05. The average molecular weight is 162 g/mol. The third kappa shape index (κ3) is 1.80. The van der Waals surface area contributed by atoms with Gasteiger partial charge in [-0.05, 0) is 11.6 Å². The van der Waals surface area contributed by atoms with E-state index in [0.717, 1.165) is 0 Å². The standard InChI is InChI=1S/C8H6N2O2/c9-4-7-5-10-2-1-6(7)3-8(11)12/h1-2,5H,3H2,(H,11,12). The molecule has 1 aromatic rings. The quantitative estimate of drug-likeness (QED) is 0.690. The van der Waals surface area contributed by atoms with Crippen molar-refractivity contribution in [2.75, 3.05) is 0 Å². The van der Waals surface area contributed by atoms with Crippen LogP contribution in [-0.2, 0) is 11.2 Å². The number of aromatic nitrogens is 1. The molecule has 0 aliphatic heterocycles. The van der Waals surface area contributed by atoms with Gasteiger partial charge in [0.05, 0.1) is 12.0 Å². The fraction of sp³-hybridized carbons (Fsp3) is 0.125. The zero-order chi connectivity index (χ0) is 8.97. The lowest BCUT2D eigenvalue weighted by atomic mass is 10.1. The molecule has 1 aromatic heterocycles. The lowest BCUT2D eigenvalue weighted by molar-refractivity contribution is -0.136. The second-order valence-electron chi connectivity index (χ2n) is 2.22. The molecule has 0 saturated heterocycles. The number of nitriles is 1. The number of carbonyl (C=O) groups is 1. The molecule has 0 spiro atoms. The van der Waals surface area contributed by atoms with Gasteiger partial charge in [0.15, 0.2) is 0 Å². The van der Waals surface area contributed by atoms with Crippen molar-refractivity contribution in [1.82, 2.24) is 4.98 Å². The first-order valence-electron chi connectivity index (χ1n) is 3.29. The lowest BCUT2D eigenvalue weighted by Gasteiger charge is -1.97. The summed E-state index contributed by atoms with van der Waals surface area (Å²) in [5.41, 5.74) is 0.819. The number of pyridine rings is 1. The van der Waals surface area contributed by atoms with Crippen LogP contribution in [0.3, 0.4) is 0 Å². The van der Waals surface area contributed by atoms with E-state index >= 15 is 0 Å². The maximum absolute atomic E-state index is 10.3. The topological polar surface area (TPSA) is 74.0 Å². The molecule has 0 bridgehead atoms. The minimum Gasteiger partial charge on any atom is -0.481 e. The summed E-state index contributed by atoms with van der Waals surface area (Å²) in [6.07, 6.45) is 2.70. The molecule has 12 heavy (non-hydrogen) atoms. The fourth-order valence-corrected chi connectivity index (χ4v) is 0.841. The Morgan fingerprint density at radius 3 is 3.08 bits per heavy atom.